The lowest BCUT2D eigenvalue weighted by Crippen LogP contribution is -2.39. The molecule has 5 heteroatoms. The van der Waals surface area contributed by atoms with E-state index >= 15 is 0 Å². The summed E-state index contributed by atoms with van der Waals surface area (Å²) in [4.78, 5) is 24.6. The Morgan fingerprint density at radius 3 is 2.11 bits per heavy atom. The predicted molar refractivity (Wildman–Crippen MR) is 73.5 cm³/mol. The van der Waals surface area contributed by atoms with Crippen LogP contribution in [0.5, 0.6) is 0 Å². The highest BCUT2D eigenvalue weighted by molar-refractivity contribution is 9.10. The Kier molecular flexibility index (Phi) is 4.90. The number of nitrogens with zero attached hydrogens (tertiary/aromatic N) is 1. The van der Waals surface area contributed by atoms with E-state index in [4.69, 9.17) is 5.11 Å². The number of benzene rings is 1. The maximum atomic E-state index is 12.1. The molecule has 1 aromatic carbocycles. The van der Waals surface area contributed by atoms with Gasteiger partial charge >= 0.3 is 5.97 Å². The summed E-state index contributed by atoms with van der Waals surface area (Å²) in [6.45, 7) is 3.46. The van der Waals surface area contributed by atoms with Crippen molar-refractivity contribution in [1.82, 2.24) is 0 Å². The van der Waals surface area contributed by atoms with Crippen molar-refractivity contribution in [3.05, 3.63) is 28.7 Å². The van der Waals surface area contributed by atoms with Crippen molar-refractivity contribution in [2.24, 2.45) is 11.8 Å². The number of amides is 1. The monoisotopic (exact) mass is 313 g/mol. The Labute approximate surface area is 115 Å². The zero-order valence-corrected chi connectivity index (χ0v) is 12.1. The second-order valence-corrected chi connectivity index (χ2v) is 5.35. The van der Waals surface area contributed by atoms with Gasteiger partial charge in [0.25, 0.3) is 0 Å². The van der Waals surface area contributed by atoms with Gasteiger partial charge < -0.3 is 10.0 Å². The molecular weight excluding hydrogens is 298 g/mol. The third kappa shape index (κ3) is 3.32. The SMILES string of the molecule is CC(C)C(C(=O)O)C(=O)N(C)c1ccc(Br)cc1. The number of carbonyl (C=O) groups is 2. The molecular formula is C13H16BrNO3. The first-order chi connectivity index (χ1) is 8.34. The van der Waals surface area contributed by atoms with Crippen LogP contribution in [0.1, 0.15) is 13.8 Å². The Hall–Kier alpha value is -1.36. The Morgan fingerprint density at radius 1 is 1.22 bits per heavy atom. The van der Waals surface area contributed by atoms with Crippen LogP contribution in [-0.2, 0) is 9.59 Å². The summed E-state index contributed by atoms with van der Waals surface area (Å²) in [5.41, 5.74) is 0.676. The molecule has 0 aliphatic rings. The largest absolute Gasteiger partial charge is 0.481 e. The lowest BCUT2D eigenvalue weighted by molar-refractivity contribution is -0.147. The third-order valence-corrected chi connectivity index (χ3v) is 3.27. The van der Waals surface area contributed by atoms with E-state index in [1.165, 1.54) is 4.90 Å². The molecule has 1 atom stereocenters. The number of carboxylic acids is 1. The van der Waals surface area contributed by atoms with Gasteiger partial charge in [-0.2, -0.15) is 0 Å². The molecule has 98 valence electrons. The first-order valence-corrected chi connectivity index (χ1v) is 6.40. The molecule has 4 nitrogen and oxygen atoms in total. The van der Waals surface area contributed by atoms with Crippen molar-refractivity contribution in [2.75, 3.05) is 11.9 Å². The number of carbonyl (C=O) groups excluding carboxylic acids is 1. The van der Waals surface area contributed by atoms with E-state index in [-0.39, 0.29) is 5.92 Å². The number of rotatable bonds is 4. The molecule has 18 heavy (non-hydrogen) atoms. The van der Waals surface area contributed by atoms with Crippen molar-refractivity contribution >= 4 is 33.5 Å². The molecule has 1 N–H and O–H groups in total. The average Bonchev–Trinajstić information content (AvgIpc) is 2.28. The molecule has 1 rings (SSSR count). The minimum atomic E-state index is -1.08. The Balaban J connectivity index is 2.95. The van der Waals surface area contributed by atoms with Gasteiger partial charge in [0, 0.05) is 17.2 Å². The van der Waals surface area contributed by atoms with E-state index < -0.39 is 17.8 Å². The van der Waals surface area contributed by atoms with Crippen molar-refractivity contribution in [1.29, 1.82) is 0 Å². The van der Waals surface area contributed by atoms with Gasteiger partial charge in [0.1, 0.15) is 5.92 Å². The molecule has 0 fully saturated rings. The van der Waals surface area contributed by atoms with Gasteiger partial charge in [0.05, 0.1) is 0 Å². The lowest BCUT2D eigenvalue weighted by atomic mass is 9.94. The molecule has 0 saturated carbocycles. The number of hydrogen-bond donors (Lipinski definition) is 1. The second-order valence-electron chi connectivity index (χ2n) is 4.43. The maximum Gasteiger partial charge on any atom is 0.316 e. The van der Waals surface area contributed by atoms with Crippen LogP contribution in [0.2, 0.25) is 0 Å². The van der Waals surface area contributed by atoms with Gasteiger partial charge in [-0.1, -0.05) is 29.8 Å². The molecule has 1 aromatic rings. The third-order valence-electron chi connectivity index (χ3n) is 2.74. The van der Waals surface area contributed by atoms with Crippen molar-refractivity contribution < 1.29 is 14.7 Å². The van der Waals surface area contributed by atoms with E-state index in [2.05, 4.69) is 15.9 Å². The van der Waals surface area contributed by atoms with E-state index in [0.29, 0.717) is 5.69 Å². The van der Waals surface area contributed by atoms with Gasteiger partial charge in [0.2, 0.25) is 5.91 Å². The molecule has 0 saturated heterocycles. The summed E-state index contributed by atoms with van der Waals surface area (Å²) in [5.74, 6) is -2.75. The minimum absolute atomic E-state index is 0.243. The fourth-order valence-corrected chi connectivity index (χ4v) is 1.94. The summed E-state index contributed by atoms with van der Waals surface area (Å²) < 4.78 is 0.908. The standard InChI is InChI=1S/C13H16BrNO3/c1-8(2)11(13(17)18)12(16)15(3)10-6-4-9(14)5-7-10/h4-8,11H,1-3H3,(H,17,18). The van der Waals surface area contributed by atoms with Crippen LogP contribution in [0.3, 0.4) is 0 Å². The highest BCUT2D eigenvalue weighted by Crippen LogP contribution is 2.21. The molecule has 0 aliphatic carbocycles. The van der Waals surface area contributed by atoms with Crippen LogP contribution in [0.15, 0.2) is 28.7 Å². The van der Waals surface area contributed by atoms with Gasteiger partial charge in [-0.25, -0.2) is 0 Å². The number of halogens is 1. The molecule has 0 radical (unpaired) electrons. The van der Waals surface area contributed by atoms with Crippen LogP contribution in [0.25, 0.3) is 0 Å². The number of carboxylic acid groups (broad SMARTS) is 1. The highest BCUT2D eigenvalue weighted by Gasteiger charge is 2.32. The first-order valence-electron chi connectivity index (χ1n) is 5.60. The summed E-state index contributed by atoms with van der Waals surface area (Å²) in [6, 6.07) is 7.15. The topological polar surface area (TPSA) is 57.6 Å². The number of hydrogen-bond acceptors (Lipinski definition) is 2. The minimum Gasteiger partial charge on any atom is -0.481 e. The normalized spacial score (nSPS) is 12.3. The molecule has 1 unspecified atom stereocenters. The lowest BCUT2D eigenvalue weighted by Gasteiger charge is -2.23. The quantitative estimate of drug-likeness (QED) is 0.870. The molecule has 0 aliphatic heterocycles. The van der Waals surface area contributed by atoms with Crippen LogP contribution >= 0.6 is 15.9 Å². The summed E-state index contributed by atoms with van der Waals surface area (Å²) in [5, 5.41) is 9.10. The van der Waals surface area contributed by atoms with Crippen LogP contribution < -0.4 is 4.90 Å². The van der Waals surface area contributed by atoms with E-state index in [9.17, 15) is 9.59 Å². The van der Waals surface area contributed by atoms with Crippen LogP contribution in [0.4, 0.5) is 5.69 Å². The second kappa shape index (κ2) is 6.00. The molecule has 0 spiro atoms. The van der Waals surface area contributed by atoms with E-state index in [1.54, 1.807) is 33.0 Å². The van der Waals surface area contributed by atoms with E-state index in [1.807, 2.05) is 12.1 Å². The van der Waals surface area contributed by atoms with Crippen molar-refractivity contribution in [2.45, 2.75) is 13.8 Å². The zero-order valence-electron chi connectivity index (χ0n) is 10.6. The fourth-order valence-electron chi connectivity index (χ4n) is 1.68. The molecule has 0 bridgehead atoms. The van der Waals surface area contributed by atoms with Crippen molar-refractivity contribution in [3.63, 3.8) is 0 Å². The summed E-state index contributed by atoms with van der Waals surface area (Å²) >= 11 is 3.31. The molecule has 1 amide bonds. The van der Waals surface area contributed by atoms with Gasteiger partial charge in [-0.3, -0.25) is 9.59 Å². The molecule has 0 heterocycles. The fraction of sp³-hybridized carbons (Fsp3) is 0.385. The maximum absolute atomic E-state index is 12.1. The Morgan fingerprint density at radius 2 is 1.72 bits per heavy atom. The van der Waals surface area contributed by atoms with Gasteiger partial charge in [0.15, 0.2) is 0 Å². The van der Waals surface area contributed by atoms with Crippen LogP contribution in [0, 0.1) is 11.8 Å². The predicted octanol–water partition coefficient (Wildman–Crippen LogP) is 2.77. The van der Waals surface area contributed by atoms with Crippen molar-refractivity contribution in [3.8, 4) is 0 Å². The average molecular weight is 314 g/mol. The smallest absolute Gasteiger partial charge is 0.316 e. The number of anilines is 1. The van der Waals surface area contributed by atoms with E-state index in [0.717, 1.165) is 4.47 Å². The first kappa shape index (κ1) is 14.7. The number of aliphatic carboxylic acids is 1. The molecule has 0 aromatic heterocycles. The van der Waals surface area contributed by atoms with Gasteiger partial charge in [-0.05, 0) is 30.2 Å². The summed E-state index contributed by atoms with van der Waals surface area (Å²) in [6.07, 6.45) is 0. The highest BCUT2D eigenvalue weighted by atomic mass is 79.9. The summed E-state index contributed by atoms with van der Waals surface area (Å²) in [7, 11) is 1.59. The Bertz CT molecular complexity index is 442. The zero-order chi connectivity index (χ0) is 13.9. The van der Waals surface area contributed by atoms with Gasteiger partial charge in [-0.15, -0.1) is 0 Å². The van der Waals surface area contributed by atoms with Crippen LogP contribution in [-0.4, -0.2) is 24.0 Å².